The van der Waals surface area contributed by atoms with E-state index in [0.717, 1.165) is 30.3 Å². The number of sulfonamides is 1. The molecule has 0 aliphatic heterocycles. The molecule has 6 nitrogen and oxygen atoms in total. The fraction of sp³-hybridized carbons (Fsp3) is 0.235. The second-order valence-corrected chi connectivity index (χ2v) is 7.00. The third kappa shape index (κ3) is 5.50. The van der Waals surface area contributed by atoms with Crippen molar-refractivity contribution in [2.45, 2.75) is 18.2 Å². The lowest BCUT2D eigenvalue weighted by Crippen LogP contribution is -2.27. The van der Waals surface area contributed by atoms with E-state index in [0.29, 0.717) is 6.61 Å². The van der Waals surface area contributed by atoms with Crippen LogP contribution in [0.2, 0.25) is 0 Å². The molecule has 0 aliphatic carbocycles. The Morgan fingerprint density at radius 3 is 2.42 bits per heavy atom. The highest BCUT2D eigenvalue weighted by atomic mass is 32.2. The minimum Gasteiger partial charge on any atom is -0.491 e. The Hall–Kier alpha value is -2.52. The fourth-order valence-corrected chi connectivity index (χ4v) is 3.10. The molecule has 9 heteroatoms. The molecule has 0 unspecified atom stereocenters. The van der Waals surface area contributed by atoms with Gasteiger partial charge in [-0.2, -0.15) is 0 Å². The van der Waals surface area contributed by atoms with Gasteiger partial charge < -0.3 is 10.1 Å². The first-order valence-corrected chi connectivity index (χ1v) is 9.27. The number of carbonyl (C=O) groups is 1. The van der Waals surface area contributed by atoms with Gasteiger partial charge in [-0.3, -0.25) is 4.79 Å². The van der Waals surface area contributed by atoms with Gasteiger partial charge in [-0.15, -0.1) is 0 Å². The quantitative estimate of drug-likeness (QED) is 0.733. The van der Waals surface area contributed by atoms with Gasteiger partial charge in [0.2, 0.25) is 15.9 Å². The Balaban J connectivity index is 1.87. The van der Waals surface area contributed by atoms with E-state index < -0.39 is 27.6 Å². The number of carbonyl (C=O) groups excluding carboxylic acids is 1. The zero-order valence-corrected chi connectivity index (χ0v) is 14.8. The summed E-state index contributed by atoms with van der Waals surface area (Å²) in [4.78, 5) is 11.7. The Morgan fingerprint density at radius 1 is 1.12 bits per heavy atom. The first-order valence-electron chi connectivity index (χ1n) is 7.79. The summed E-state index contributed by atoms with van der Waals surface area (Å²) in [5.74, 6) is -1.57. The van der Waals surface area contributed by atoms with Crippen LogP contribution in [0.1, 0.15) is 13.3 Å². The van der Waals surface area contributed by atoms with Crippen LogP contribution in [0.15, 0.2) is 47.4 Å². The molecule has 2 rings (SSSR count). The van der Waals surface area contributed by atoms with Crippen LogP contribution in [0.3, 0.4) is 0 Å². The van der Waals surface area contributed by atoms with Gasteiger partial charge in [-0.05, 0) is 43.3 Å². The normalized spacial score (nSPS) is 11.2. The number of rotatable bonds is 8. The maximum Gasteiger partial charge on any atom is 0.240 e. The molecule has 2 aromatic carbocycles. The molecule has 0 aliphatic rings. The highest BCUT2D eigenvalue weighted by Gasteiger charge is 2.14. The molecule has 0 saturated carbocycles. The molecule has 1 amide bonds. The molecule has 26 heavy (non-hydrogen) atoms. The number of amides is 1. The molecule has 2 aromatic rings. The number of hydrogen-bond donors (Lipinski definition) is 2. The van der Waals surface area contributed by atoms with Crippen molar-refractivity contribution in [3.05, 3.63) is 54.1 Å². The Bertz CT molecular complexity index is 871. The average Bonchev–Trinajstić information content (AvgIpc) is 2.57. The topological polar surface area (TPSA) is 84.5 Å². The van der Waals surface area contributed by atoms with Crippen LogP contribution < -0.4 is 14.8 Å². The van der Waals surface area contributed by atoms with E-state index in [2.05, 4.69) is 10.0 Å². The van der Waals surface area contributed by atoms with Crippen LogP contribution in [0.4, 0.5) is 14.5 Å². The smallest absolute Gasteiger partial charge is 0.240 e. The molecule has 0 atom stereocenters. The van der Waals surface area contributed by atoms with Gasteiger partial charge in [-0.1, -0.05) is 0 Å². The summed E-state index contributed by atoms with van der Waals surface area (Å²) in [5, 5.41) is 2.47. The lowest BCUT2D eigenvalue weighted by molar-refractivity contribution is -0.116. The second kappa shape index (κ2) is 8.72. The highest BCUT2D eigenvalue weighted by Crippen LogP contribution is 2.21. The van der Waals surface area contributed by atoms with Crippen molar-refractivity contribution in [1.29, 1.82) is 0 Å². The molecular weight excluding hydrogens is 366 g/mol. The molecule has 140 valence electrons. The molecule has 0 radical (unpaired) electrons. The van der Waals surface area contributed by atoms with Crippen molar-refractivity contribution < 1.29 is 26.7 Å². The van der Waals surface area contributed by atoms with E-state index in [1.165, 1.54) is 12.1 Å². The molecule has 0 aromatic heterocycles. The summed E-state index contributed by atoms with van der Waals surface area (Å²) in [6.07, 6.45) is -0.157. The number of nitrogens with one attached hydrogen (secondary N) is 2. The van der Waals surface area contributed by atoms with E-state index in [1.807, 2.05) is 0 Å². The molecule has 2 N–H and O–H groups in total. The molecule has 0 spiro atoms. The first-order chi connectivity index (χ1) is 12.3. The van der Waals surface area contributed by atoms with Crippen molar-refractivity contribution in [2.24, 2.45) is 0 Å². The van der Waals surface area contributed by atoms with Crippen molar-refractivity contribution >= 4 is 21.6 Å². The minimum atomic E-state index is -3.84. The number of hydrogen-bond acceptors (Lipinski definition) is 4. The molecule has 0 heterocycles. The molecule has 0 saturated heterocycles. The second-order valence-electron chi connectivity index (χ2n) is 5.23. The molecular formula is C17H18F2N2O4S. The zero-order chi connectivity index (χ0) is 19.2. The van der Waals surface area contributed by atoms with E-state index >= 15 is 0 Å². The predicted octanol–water partition coefficient (Wildman–Crippen LogP) is 2.67. The maximum atomic E-state index is 13.7. The largest absolute Gasteiger partial charge is 0.491 e. The summed E-state index contributed by atoms with van der Waals surface area (Å²) < 4.78 is 57.9. The Labute approximate surface area is 150 Å². The van der Waals surface area contributed by atoms with E-state index in [-0.39, 0.29) is 29.3 Å². The van der Waals surface area contributed by atoms with Crippen molar-refractivity contribution in [1.82, 2.24) is 4.72 Å². The summed E-state index contributed by atoms with van der Waals surface area (Å²) in [5.41, 5.74) is 0.234. The number of anilines is 1. The fourth-order valence-electron chi connectivity index (χ4n) is 2.07. The van der Waals surface area contributed by atoms with Crippen LogP contribution in [0, 0.1) is 11.6 Å². The SMILES string of the molecule is CCOc1ccc(NC(=O)CCNS(=O)(=O)c2ccc(F)cc2)cc1F. The third-order valence-electron chi connectivity index (χ3n) is 3.28. The van der Waals surface area contributed by atoms with E-state index in [9.17, 15) is 22.0 Å². The zero-order valence-electron chi connectivity index (χ0n) is 14.0. The van der Waals surface area contributed by atoms with Gasteiger partial charge in [0.25, 0.3) is 0 Å². The highest BCUT2D eigenvalue weighted by molar-refractivity contribution is 7.89. The summed E-state index contributed by atoms with van der Waals surface area (Å²) in [6, 6.07) is 8.30. The Kier molecular flexibility index (Phi) is 6.64. The maximum absolute atomic E-state index is 13.7. The predicted molar refractivity (Wildman–Crippen MR) is 92.4 cm³/mol. The van der Waals surface area contributed by atoms with Crippen molar-refractivity contribution in [2.75, 3.05) is 18.5 Å². The van der Waals surface area contributed by atoms with Crippen LogP contribution >= 0.6 is 0 Å². The van der Waals surface area contributed by atoms with Crippen LogP contribution in [0.25, 0.3) is 0 Å². The van der Waals surface area contributed by atoms with Gasteiger partial charge in [0.1, 0.15) is 5.82 Å². The monoisotopic (exact) mass is 384 g/mol. The minimum absolute atomic E-state index is 0.0811. The standard InChI is InChI=1S/C17H18F2N2O4S/c1-2-25-16-8-5-13(11-15(16)19)21-17(22)9-10-20-26(23,24)14-6-3-12(18)4-7-14/h3-8,11,20H,2,9-10H2,1H3,(H,21,22). The van der Waals surface area contributed by atoms with Crippen molar-refractivity contribution in [3.8, 4) is 5.75 Å². The first kappa shape index (κ1) is 19.8. The van der Waals surface area contributed by atoms with E-state index in [1.54, 1.807) is 6.92 Å². The van der Waals surface area contributed by atoms with Crippen molar-refractivity contribution in [3.63, 3.8) is 0 Å². The lowest BCUT2D eigenvalue weighted by Gasteiger charge is -2.09. The van der Waals surface area contributed by atoms with Gasteiger partial charge >= 0.3 is 0 Å². The lowest BCUT2D eigenvalue weighted by atomic mass is 10.2. The van der Waals surface area contributed by atoms with Crippen LogP contribution in [-0.4, -0.2) is 27.5 Å². The van der Waals surface area contributed by atoms with Crippen LogP contribution in [-0.2, 0) is 14.8 Å². The Morgan fingerprint density at radius 2 is 1.81 bits per heavy atom. The summed E-state index contributed by atoms with van der Waals surface area (Å²) in [7, 11) is -3.84. The third-order valence-corrected chi connectivity index (χ3v) is 4.76. The van der Waals surface area contributed by atoms with Crippen LogP contribution in [0.5, 0.6) is 5.75 Å². The van der Waals surface area contributed by atoms with Gasteiger partial charge in [0.15, 0.2) is 11.6 Å². The van der Waals surface area contributed by atoms with E-state index in [4.69, 9.17) is 4.74 Å². The van der Waals surface area contributed by atoms with Gasteiger partial charge in [0, 0.05) is 24.7 Å². The molecule has 0 fully saturated rings. The number of ether oxygens (including phenoxy) is 1. The number of halogens is 2. The summed E-state index contributed by atoms with van der Waals surface area (Å²) >= 11 is 0. The van der Waals surface area contributed by atoms with Gasteiger partial charge in [0.05, 0.1) is 11.5 Å². The molecule has 0 bridgehead atoms. The van der Waals surface area contributed by atoms with Gasteiger partial charge in [-0.25, -0.2) is 21.9 Å². The summed E-state index contributed by atoms with van der Waals surface area (Å²) in [6.45, 7) is 1.88. The average molecular weight is 384 g/mol. The number of benzene rings is 2.